The zero-order valence-electron chi connectivity index (χ0n) is 19.0. The Balaban J connectivity index is 1.39. The summed E-state index contributed by atoms with van der Waals surface area (Å²) < 4.78 is 50.6. The molecule has 2 bridgehead atoms. The number of fused-ring (bicyclic) bond motifs is 5. The summed E-state index contributed by atoms with van der Waals surface area (Å²) in [5.74, 6) is 1.10. The lowest BCUT2D eigenvalue weighted by Gasteiger charge is -2.35. The normalized spacial score (nSPS) is 16.8. The summed E-state index contributed by atoms with van der Waals surface area (Å²) in [4.78, 5) is 21.9. The average Bonchev–Trinajstić information content (AvgIpc) is 3.48. The SMILES string of the molecule is COc1cccc2onc(NC(=O)N3c4nc(-c5cccc(C(F)(F)F)c5)ccc4N4CC[C@H]3C4)c12. The molecule has 8 nitrogen and oxygen atoms in total. The molecule has 0 aliphatic carbocycles. The van der Waals surface area contributed by atoms with Gasteiger partial charge >= 0.3 is 12.2 Å². The summed E-state index contributed by atoms with van der Waals surface area (Å²) in [7, 11) is 1.51. The van der Waals surface area contributed by atoms with Crippen molar-refractivity contribution in [1.29, 1.82) is 0 Å². The number of aromatic nitrogens is 2. The lowest BCUT2D eigenvalue weighted by atomic mass is 10.1. The van der Waals surface area contributed by atoms with Gasteiger partial charge in [0, 0.05) is 18.7 Å². The van der Waals surface area contributed by atoms with Gasteiger partial charge in [-0.25, -0.2) is 9.78 Å². The van der Waals surface area contributed by atoms with Crippen LogP contribution in [-0.2, 0) is 6.18 Å². The highest BCUT2D eigenvalue weighted by atomic mass is 19.4. The van der Waals surface area contributed by atoms with Crippen LogP contribution in [0.3, 0.4) is 0 Å². The molecule has 4 aromatic rings. The number of methoxy groups -OCH3 is 1. The van der Waals surface area contributed by atoms with E-state index in [1.807, 2.05) is 0 Å². The number of nitrogens with zero attached hydrogens (tertiary/aromatic N) is 4. The van der Waals surface area contributed by atoms with E-state index in [1.165, 1.54) is 13.2 Å². The van der Waals surface area contributed by atoms with Crippen molar-refractivity contribution in [2.75, 3.05) is 35.3 Å². The topological polar surface area (TPSA) is 83.7 Å². The summed E-state index contributed by atoms with van der Waals surface area (Å²) >= 11 is 0. The molecule has 1 N–H and O–H groups in total. The van der Waals surface area contributed by atoms with Gasteiger partial charge < -0.3 is 14.2 Å². The minimum Gasteiger partial charge on any atom is -0.496 e. The second-order valence-corrected chi connectivity index (χ2v) is 8.67. The summed E-state index contributed by atoms with van der Waals surface area (Å²) in [6, 6.07) is 13.1. The van der Waals surface area contributed by atoms with Gasteiger partial charge in [-0.1, -0.05) is 23.4 Å². The predicted octanol–water partition coefficient (Wildman–Crippen LogP) is 5.55. The lowest BCUT2D eigenvalue weighted by Crippen LogP contribution is -2.48. The molecular formula is C25H20F3N5O3. The standard InChI is InChI=1S/C25H20F3N5O3/c1-35-19-6-3-7-20-21(19)22(31-36-20)30-24(34)33-16-10-11-32(13-16)18-9-8-17(29-23(18)33)14-4-2-5-15(12-14)25(26,27)28/h2-9,12,16H,10-11,13H2,1H3,(H,30,31,34)/t16-/m0/s1. The smallest absolute Gasteiger partial charge is 0.416 e. The van der Waals surface area contributed by atoms with Gasteiger partial charge in [0.25, 0.3) is 0 Å². The van der Waals surface area contributed by atoms with Crippen molar-refractivity contribution in [2.24, 2.45) is 0 Å². The predicted molar refractivity (Wildman–Crippen MR) is 127 cm³/mol. The third kappa shape index (κ3) is 3.58. The maximum atomic E-state index is 13.6. The molecule has 2 aromatic heterocycles. The molecular weight excluding hydrogens is 475 g/mol. The van der Waals surface area contributed by atoms with Gasteiger partial charge in [-0.3, -0.25) is 10.2 Å². The lowest BCUT2D eigenvalue weighted by molar-refractivity contribution is -0.137. The first-order chi connectivity index (χ1) is 17.3. The first-order valence-electron chi connectivity index (χ1n) is 11.3. The third-order valence-electron chi connectivity index (χ3n) is 6.56. The van der Waals surface area contributed by atoms with Gasteiger partial charge in [-0.15, -0.1) is 0 Å². The summed E-state index contributed by atoms with van der Waals surface area (Å²) in [6.45, 7) is 1.38. The molecule has 2 aliphatic heterocycles. The van der Waals surface area contributed by atoms with E-state index in [1.54, 1.807) is 41.3 Å². The molecule has 2 aromatic carbocycles. The second-order valence-electron chi connectivity index (χ2n) is 8.67. The van der Waals surface area contributed by atoms with E-state index >= 15 is 0 Å². The van der Waals surface area contributed by atoms with E-state index in [-0.39, 0.29) is 11.9 Å². The van der Waals surface area contributed by atoms with Crippen molar-refractivity contribution >= 4 is 34.3 Å². The van der Waals surface area contributed by atoms with Crippen LogP contribution in [0, 0.1) is 0 Å². The Morgan fingerprint density at radius 3 is 2.81 bits per heavy atom. The van der Waals surface area contributed by atoms with Crippen LogP contribution in [-0.4, -0.2) is 42.4 Å². The molecule has 36 heavy (non-hydrogen) atoms. The highest BCUT2D eigenvalue weighted by Crippen LogP contribution is 2.41. The summed E-state index contributed by atoms with van der Waals surface area (Å²) in [5.41, 5.74) is 1.10. The molecule has 0 saturated carbocycles. The fourth-order valence-electron chi connectivity index (χ4n) is 4.86. The van der Waals surface area contributed by atoms with Crippen molar-refractivity contribution in [2.45, 2.75) is 18.6 Å². The largest absolute Gasteiger partial charge is 0.496 e. The average molecular weight is 495 g/mol. The van der Waals surface area contributed by atoms with Gasteiger partial charge in [-0.05, 0) is 42.8 Å². The minimum absolute atomic E-state index is 0.151. The molecule has 1 fully saturated rings. The highest BCUT2D eigenvalue weighted by Gasteiger charge is 2.41. The van der Waals surface area contributed by atoms with Crippen LogP contribution in [0.25, 0.3) is 22.2 Å². The molecule has 1 saturated heterocycles. The van der Waals surface area contributed by atoms with Gasteiger partial charge in [0.2, 0.25) is 0 Å². The van der Waals surface area contributed by atoms with Crippen molar-refractivity contribution in [3.8, 4) is 17.0 Å². The number of hydrogen-bond acceptors (Lipinski definition) is 6. The van der Waals surface area contributed by atoms with Crippen LogP contribution in [0.4, 0.5) is 35.3 Å². The molecule has 0 spiro atoms. The van der Waals surface area contributed by atoms with E-state index in [0.717, 1.165) is 30.8 Å². The third-order valence-corrected chi connectivity index (χ3v) is 6.56. The first kappa shape index (κ1) is 22.2. The number of nitrogens with one attached hydrogen (secondary N) is 1. The molecule has 0 radical (unpaired) electrons. The first-order valence-corrected chi connectivity index (χ1v) is 11.3. The van der Waals surface area contributed by atoms with E-state index in [9.17, 15) is 18.0 Å². The Bertz CT molecular complexity index is 1490. The van der Waals surface area contributed by atoms with E-state index in [4.69, 9.17) is 9.26 Å². The fraction of sp³-hybridized carbons (Fsp3) is 0.240. The van der Waals surface area contributed by atoms with Crippen molar-refractivity contribution in [3.05, 3.63) is 60.2 Å². The number of urea groups is 1. The number of hydrogen-bond donors (Lipinski definition) is 1. The molecule has 0 unspecified atom stereocenters. The summed E-state index contributed by atoms with van der Waals surface area (Å²) in [6.07, 6.45) is -3.74. The van der Waals surface area contributed by atoms with Crippen LogP contribution in [0.5, 0.6) is 5.75 Å². The maximum absolute atomic E-state index is 13.6. The van der Waals surface area contributed by atoms with Gasteiger partial charge in [-0.2, -0.15) is 13.2 Å². The number of halogens is 3. The molecule has 184 valence electrons. The Morgan fingerprint density at radius 2 is 2.00 bits per heavy atom. The number of rotatable bonds is 3. The Hall–Kier alpha value is -4.28. The van der Waals surface area contributed by atoms with Gasteiger partial charge in [0.15, 0.2) is 17.2 Å². The Morgan fingerprint density at radius 1 is 1.17 bits per heavy atom. The number of carbonyl (C=O) groups is 1. The maximum Gasteiger partial charge on any atom is 0.416 e. The van der Waals surface area contributed by atoms with Crippen LogP contribution in [0.1, 0.15) is 12.0 Å². The van der Waals surface area contributed by atoms with Crippen LogP contribution >= 0.6 is 0 Å². The Labute approximate surface area is 203 Å². The van der Waals surface area contributed by atoms with E-state index in [0.29, 0.717) is 40.3 Å². The van der Waals surface area contributed by atoms with Crippen molar-refractivity contribution < 1.29 is 27.2 Å². The fourth-order valence-corrected chi connectivity index (χ4v) is 4.86. The molecule has 6 rings (SSSR count). The number of benzene rings is 2. The van der Waals surface area contributed by atoms with Crippen molar-refractivity contribution in [3.63, 3.8) is 0 Å². The quantitative estimate of drug-likeness (QED) is 0.401. The number of ether oxygens (including phenoxy) is 1. The number of pyridine rings is 1. The molecule has 1 atom stereocenters. The second kappa shape index (κ2) is 8.14. The van der Waals surface area contributed by atoms with E-state index < -0.39 is 17.8 Å². The van der Waals surface area contributed by atoms with Crippen LogP contribution in [0.2, 0.25) is 0 Å². The van der Waals surface area contributed by atoms with E-state index in [2.05, 4.69) is 20.4 Å². The van der Waals surface area contributed by atoms with Gasteiger partial charge in [0.05, 0.1) is 30.1 Å². The number of alkyl halides is 3. The number of amides is 2. The number of carbonyl (C=O) groups excluding carboxylic acids is 1. The summed E-state index contributed by atoms with van der Waals surface area (Å²) in [5, 5.41) is 7.35. The number of anilines is 3. The Kier molecular flexibility index (Phi) is 5.02. The highest BCUT2D eigenvalue weighted by molar-refractivity contribution is 6.08. The van der Waals surface area contributed by atoms with Crippen molar-refractivity contribution in [1.82, 2.24) is 10.1 Å². The molecule has 2 aliphatic rings. The van der Waals surface area contributed by atoms with Crippen LogP contribution < -0.4 is 19.9 Å². The monoisotopic (exact) mass is 495 g/mol. The van der Waals surface area contributed by atoms with Gasteiger partial charge in [0.1, 0.15) is 11.1 Å². The molecule has 4 heterocycles. The minimum atomic E-state index is -4.47. The van der Waals surface area contributed by atoms with Crippen LogP contribution in [0.15, 0.2) is 59.1 Å². The molecule has 11 heteroatoms. The molecule has 2 amide bonds. The zero-order chi connectivity index (χ0) is 25.0. The zero-order valence-corrected chi connectivity index (χ0v) is 19.0.